The topological polar surface area (TPSA) is 120 Å². The average Bonchev–Trinajstić information content (AvgIpc) is 3.01. The van der Waals surface area contributed by atoms with E-state index in [2.05, 4.69) is 28.3 Å². The summed E-state index contributed by atoms with van der Waals surface area (Å²) in [6.45, 7) is 7.24. The highest BCUT2D eigenvalue weighted by Gasteiger charge is 2.32. The molecule has 1 aliphatic carbocycles. The van der Waals surface area contributed by atoms with Crippen molar-refractivity contribution in [1.82, 2.24) is 15.5 Å². The Balaban J connectivity index is 1.31. The van der Waals surface area contributed by atoms with Crippen LogP contribution in [0.3, 0.4) is 0 Å². The molecule has 3 saturated heterocycles. The normalized spacial score (nSPS) is 30.1. The molecule has 1 unspecified atom stereocenters. The number of hydrogen-bond donors (Lipinski definition) is 3. The van der Waals surface area contributed by atoms with Crippen LogP contribution in [0.4, 0.5) is 0 Å². The zero-order valence-corrected chi connectivity index (χ0v) is 25.1. The Labute approximate surface area is 249 Å². The number of allylic oxidation sites excluding steroid dienone is 3. The number of likely N-dealkylation sites (tertiary alicyclic amines) is 1. The molecule has 4 rings (SSSR count). The Morgan fingerprint density at radius 2 is 2.07 bits per heavy atom. The lowest BCUT2D eigenvalue weighted by molar-refractivity contribution is -0.128. The van der Waals surface area contributed by atoms with E-state index in [1.54, 1.807) is 12.0 Å². The molecular weight excluding hydrogens is 546 g/mol. The third-order valence-corrected chi connectivity index (χ3v) is 8.71. The number of nitrogens with two attached hydrogens (primary N) is 1. The molecule has 10 nitrogen and oxygen atoms in total. The van der Waals surface area contributed by atoms with Gasteiger partial charge in [-0.2, -0.15) is 0 Å². The highest BCUT2D eigenvalue weighted by Crippen LogP contribution is 2.31. The number of piperidine rings is 1. The van der Waals surface area contributed by atoms with Gasteiger partial charge in [-0.05, 0) is 51.0 Å². The van der Waals surface area contributed by atoms with Crippen LogP contribution < -0.4 is 16.4 Å². The number of hydrogen-bond acceptors (Lipinski definition) is 8. The van der Waals surface area contributed by atoms with Gasteiger partial charge in [-0.15, -0.1) is 0 Å². The number of aliphatic imine (C=N–C) groups is 1. The van der Waals surface area contributed by atoms with Crippen molar-refractivity contribution >= 4 is 23.8 Å². The van der Waals surface area contributed by atoms with E-state index in [1.807, 2.05) is 12.2 Å². The second-order valence-corrected chi connectivity index (χ2v) is 11.5. The molecule has 0 saturated carbocycles. The summed E-state index contributed by atoms with van der Waals surface area (Å²) < 4.78 is 23.2. The van der Waals surface area contributed by atoms with Crippen molar-refractivity contribution in [3.8, 4) is 0 Å². The second kappa shape index (κ2) is 15.7. The standard InChI is InChI=1S/C30H46ClN5O5/c1-20(33-17-24-5-4-6-26(41-24)21-7-9-22(31)10-8-21)29(39-3)28(34-19-32)30(37)36-14-11-23(12-15-36)35-25-13-16-40-18-27(25)38-2/h7,9-10,19,21,23-27,33,35H,1,4-6,8,11-18H2,2-3H3,(H2,32,34)/b29-28+/t21?,24-,25+,26+,27-/m1/s1. The average molecular weight is 592 g/mol. The van der Waals surface area contributed by atoms with Crippen molar-refractivity contribution in [2.24, 2.45) is 16.6 Å². The summed E-state index contributed by atoms with van der Waals surface area (Å²) in [4.78, 5) is 19.6. The largest absolute Gasteiger partial charge is 0.492 e. The van der Waals surface area contributed by atoms with E-state index in [0.717, 1.165) is 62.9 Å². The molecule has 4 N–H and O–H groups in total. The maximum atomic E-state index is 13.6. The van der Waals surface area contributed by atoms with Crippen molar-refractivity contribution in [1.29, 1.82) is 0 Å². The Morgan fingerprint density at radius 1 is 1.27 bits per heavy atom. The van der Waals surface area contributed by atoms with Crippen LogP contribution in [0.25, 0.3) is 0 Å². The third-order valence-electron chi connectivity index (χ3n) is 8.43. The van der Waals surface area contributed by atoms with Gasteiger partial charge in [0, 0.05) is 56.4 Å². The van der Waals surface area contributed by atoms with Crippen LogP contribution >= 0.6 is 11.6 Å². The molecule has 1 amide bonds. The first-order valence-electron chi connectivity index (χ1n) is 14.7. The number of carbonyl (C=O) groups excluding carboxylic acids is 1. The fourth-order valence-corrected chi connectivity index (χ4v) is 6.25. The minimum atomic E-state index is -0.226. The first-order valence-corrected chi connectivity index (χ1v) is 15.1. The van der Waals surface area contributed by atoms with Crippen molar-refractivity contribution in [2.75, 3.05) is 47.1 Å². The van der Waals surface area contributed by atoms with Crippen molar-refractivity contribution < 1.29 is 23.7 Å². The second-order valence-electron chi connectivity index (χ2n) is 11.1. The van der Waals surface area contributed by atoms with Gasteiger partial charge in [0.25, 0.3) is 5.91 Å². The van der Waals surface area contributed by atoms with E-state index in [9.17, 15) is 4.79 Å². The predicted molar refractivity (Wildman–Crippen MR) is 160 cm³/mol. The van der Waals surface area contributed by atoms with E-state index in [0.29, 0.717) is 43.9 Å². The molecule has 0 aromatic carbocycles. The zero-order valence-electron chi connectivity index (χ0n) is 24.4. The summed E-state index contributed by atoms with van der Waals surface area (Å²) >= 11 is 6.09. The van der Waals surface area contributed by atoms with Gasteiger partial charge in [0.2, 0.25) is 0 Å². The number of nitrogens with zero attached hydrogens (tertiary/aromatic N) is 2. The van der Waals surface area contributed by atoms with E-state index < -0.39 is 0 Å². The van der Waals surface area contributed by atoms with Gasteiger partial charge >= 0.3 is 0 Å². The Kier molecular flexibility index (Phi) is 12.1. The van der Waals surface area contributed by atoms with E-state index in [4.69, 9.17) is 36.3 Å². The fourth-order valence-electron chi connectivity index (χ4n) is 6.08. The molecule has 4 aliphatic rings. The van der Waals surface area contributed by atoms with Crippen molar-refractivity contribution in [2.45, 2.75) is 75.3 Å². The number of carbonyl (C=O) groups is 1. The lowest BCUT2D eigenvalue weighted by Crippen LogP contribution is -2.54. The van der Waals surface area contributed by atoms with Crippen LogP contribution in [0.15, 0.2) is 52.0 Å². The number of rotatable bonds is 11. The minimum absolute atomic E-state index is 0.0236. The van der Waals surface area contributed by atoms with Gasteiger partial charge in [0.15, 0.2) is 11.5 Å². The summed E-state index contributed by atoms with van der Waals surface area (Å²) in [6.07, 6.45) is 14.0. The summed E-state index contributed by atoms with van der Waals surface area (Å²) in [5, 5.41) is 7.83. The lowest BCUT2D eigenvalue weighted by Gasteiger charge is -2.38. The SMILES string of the molecule is C=C(NC[C@H]1CCC[C@@H](C2C=CC(Cl)=CC2)O1)/C(OC)=C(\N=CN)C(=O)N1CCC(N[C@H]2CCOC[C@H]2OC)CC1. The summed E-state index contributed by atoms with van der Waals surface area (Å²) in [5.41, 5.74) is 6.27. The summed E-state index contributed by atoms with van der Waals surface area (Å²) in [5.74, 6) is 0.387. The van der Waals surface area contributed by atoms with Gasteiger partial charge in [0.05, 0.1) is 44.1 Å². The molecule has 3 aliphatic heterocycles. The molecule has 0 bridgehead atoms. The maximum absolute atomic E-state index is 13.6. The van der Waals surface area contributed by atoms with Crippen LogP contribution in [0.1, 0.15) is 44.9 Å². The molecule has 0 radical (unpaired) electrons. The van der Waals surface area contributed by atoms with Gasteiger partial charge < -0.3 is 40.2 Å². The molecule has 5 atom stereocenters. The van der Waals surface area contributed by atoms with E-state index >= 15 is 0 Å². The fraction of sp³-hybridized carbons (Fsp3) is 0.667. The first kappa shape index (κ1) is 31.6. The van der Waals surface area contributed by atoms with Gasteiger partial charge in [-0.25, -0.2) is 4.99 Å². The van der Waals surface area contributed by atoms with Crippen LogP contribution in [-0.2, 0) is 23.7 Å². The van der Waals surface area contributed by atoms with Crippen LogP contribution in [-0.4, -0.2) is 94.6 Å². The van der Waals surface area contributed by atoms with Crippen LogP contribution in [0, 0.1) is 5.92 Å². The quantitative estimate of drug-likeness (QED) is 0.110. The number of nitrogens with one attached hydrogen (secondary N) is 2. The molecule has 228 valence electrons. The Morgan fingerprint density at radius 3 is 2.76 bits per heavy atom. The van der Waals surface area contributed by atoms with Crippen molar-refractivity contribution in [3.63, 3.8) is 0 Å². The number of halogens is 1. The Bertz CT molecular complexity index is 1020. The molecule has 3 heterocycles. The number of ether oxygens (including phenoxy) is 4. The van der Waals surface area contributed by atoms with Crippen LogP contribution in [0.5, 0.6) is 0 Å². The van der Waals surface area contributed by atoms with Gasteiger partial charge in [-0.3, -0.25) is 4.79 Å². The smallest absolute Gasteiger partial charge is 0.276 e. The molecule has 0 spiro atoms. The highest BCUT2D eigenvalue weighted by molar-refractivity contribution is 6.31. The third kappa shape index (κ3) is 8.58. The predicted octanol–water partition coefficient (Wildman–Crippen LogP) is 2.96. The summed E-state index contributed by atoms with van der Waals surface area (Å²) in [7, 11) is 3.23. The van der Waals surface area contributed by atoms with E-state index in [-0.39, 0.29) is 41.7 Å². The molecule has 0 aromatic heterocycles. The first-order chi connectivity index (χ1) is 19.9. The molecule has 41 heavy (non-hydrogen) atoms. The monoisotopic (exact) mass is 591 g/mol. The molecule has 3 fully saturated rings. The molecular formula is C30H46ClN5O5. The zero-order chi connectivity index (χ0) is 29.2. The lowest BCUT2D eigenvalue weighted by atomic mass is 9.89. The number of methoxy groups -OCH3 is 2. The Hall–Kier alpha value is -2.37. The molecule has 11 heteroatoms. The van der Waals surface area contributed by atoms with Crippen LogP contribution in [0.2, 0.25) is 0 Å². The van der Waals surface area contributed by atoms with Gasteiger partial charge in [-0.1, -0.05) is 30.3 Å². The molecule has 0 aromatic rings. The summed E-state index contributed by atoms with van der Waals surface area (Å²) in [6, 6.07) is 0.561. The maximum Gasteiger partial charge on any atom is 0.276 e. The van der Waals surface area contributed by atoms with E-state index in [1.165, 1.54) is 7.11 Å². The van der Waals surface area contributed by atoms with Crippen molar-refractivity contribution in [3.05, 3.63) is 47.0 Å². The highest BCUT2D eigenvalue weighted by atomic mass is 35.5. The number of amides is 1. The minimum Gasteiger partial charge on any atom is -0.492 e. The van der Waals surface area contributed by atoms with Gasteiger partial charge in [0.1, 0.15) is 0 Å².